The third-order valence-corrected chi connectivity index (χ3v) is 4.95. The predicted molar refractivity (Wildman–Crippen MR) is 100 cm³/mol. The number of aliphatic hydroxyl groups is 1. The fourth-order valence-electron chi connectivity index (χ4n) is 3.76. The molecule has 0 spiro atoms. The highest BCUT2D eigenvalue weighted by Gasteiger charge is 2.38. The largest absolute Gasteiger partial charge is 0.459 e. The summed E-state index contributed by atoms with van der Waals surface area (Å²) in [5.41, 5.74) is 0.381. The summed E-state index contributed by atoms with van der Waals surface area (Å²) >= 11 is 0. The van der Waals surface area contributed by atoms with E-state index in [2.05, 4.69) is 5.32 Å². The van der Waals surface area contributed by atoms with Gasteiger partial charge in [-0.05, 0) is 69.1 Å². The van der Waals surface area contributed by atoms with Crippen molar-refractivity contribution in [1.82, 2.24) is 5.32 Å². The van der Waals surface area contributed by atoms with Crippen molar-refractivity contribution >= 4 is 5.97 Å². The van der Waals surface area contributed by atoms with Crippen LogP contribution in [0.3, 0.4) is 0 Å². The molecule has 5 heteroatoms. The number of aliphatic hydroxyl groups excluding tert-OH is 1. The van der Waals surface area contributed by atoms with Gasteiger partial charge in [0.2, 0.25) is 0 Å². The summed E-state index contributed by atoms with van der Waals surface area (Å²) in [6.07, 6.45) is 1.52. The minimum atomic E-state index is -0.528. The average molecular weight is 365 g/mol. The van der Waals surface area contributed by atoms with Gasteiger partial charge >= 0.3 is 5.97 Å². The summed E-state index contributed by atoms with van der Waals surface area (Å²) in [5.74, 6) is -0.280. The number of nitrogens with one attached hydrogen (secondary N) is 1. The van der Waals surface area contributed by atoms with Crippen molar-refractivity contribution in [2.45, 2.75) is 71.1 Å². The van der Waals surface area contributed by atoms with Crippen LogP contribution >= 0.6 is 0 Å². The van der Waals surface area contributed by atoms with Gasteiger partial charge in [0, 0.05) is 12.6 Å². The lowest BCUT2D eigenvalue weighted by Crippen LogP contribution is -2.48. The Kier molecular flexibility index (Phi) is 6.80. The van der Waals surface area contributed by atoms with Crippen molar-refractivity contribution in [1.29, 1.82) is 0 Å². The second kappa shape index (κ2) is 8.49. The lowest BCUT2D eigenvalue weighted by Gasteiger charge is -2.28. The van der Waals surface area contributed by atoms with Gasteiger partial charge in [-0.1, -0.05) is 26.0 Å². The third-order valence-electron chi connectivity index (χ3n) is 4.95. The summed E-state index contributed by atoms with van der Waals surface area (Å²) in [4.78, 5) is 12.6. The first-order valence-corrected chi connectivity index (χ1v) is 9.46. The molecule has 3 unspecified atom stereocenters. The lowest BCUT2D eigenvalue weighted by atomic mass is 9.89. The highest BCUT2D eigenvalue weighted by Crippen LogP contribution is 2.40. The Hall–Kier alpha value is -1.46. The molecule has 1 aliphatic rings. The van der Waals surface area contributed by atoms with Crippen LogP contribution in [0.1, 0.15) is 58.9 Å². The first-order chi connectivity index (χ1) is 12.1. The summed E-state index contributed by atoms with van der Waals surface area (Å²) in [5, 5.41) is 13.2. The van der Waals surface area contributed by atoms with Crippen LogP contribution in [0.15, 0.2) is 24.3 Å². The van der Waals surface area contributed by atoms with E-state index in [0.29, 0.717) is 0 Å². The van der Waals surface area contributed by atoms with Gasteiger partial charge in [0.15, 0.2) is 0 Å². The van der Waals surface area contributed by atoms with Gasteiger partial charge in [-0.2, -0.15) is 0 Å². The SMILES string of the molecule is CC(C)[C@@H](NC1CC(CO)C(c2cccc(F)c2)C1)C(=O)OC(C)(C)C. The molecule has 26 heavy (non-hydrogen) atoms. The molecule has 0 amide bonds. The van der Waals surface area contributed by atoms with Gasteiger partial charge in [-0.3, -0.25) is 4.79 Å². The number of halogens is 1. The molecule has 1 aromatic rings. The number of carbonyl (C=O) groups excluding carboxylic acids is 1. The number of esters is 1. The molecule has 4 atom stereocenters. The summed E-state index contributed by atoms with van der Waals surface area (Å²) in [6, 6.07) is 6.28. The van der Waals surface area contributed by atoms with Crippen LogP contribution < -0.4 is 5.32 Å². The van der Waals surface area contributed by atoms with E-state index in [1.807, 2.05) is 40.7 Å². The maximum atomic E-state index is 13.6. The summed E-state index contributed by atoms with van der Waals surface area (Å²) in [6.45, 7) is 9.62. The molecular formula is C21H32FNO3. The molecule has 146 valence electrons. The number of ether oxygens (including phenoxy) is 1. The van der Waals surface area contributed by atoms with Gasteiger partial charge in [0.05, 0.1) is 0 Å². The lowest BCUT2D eigenvalue weighted by molar-refractivity contribution is -0.159. The normalized spacial score (nSPS) is 24.7. The van der Waals surface area contributed by atoms with Crippen LogP contribution in [0.4, 0.5) is 4.39 Å². The monoisotopic (exact) mass is 365 g/mol. The van der Waals surface area contributed by atoms with E-state index >= 15 is 0 Å². The molecule has 4 nitrogen and oxygen atoms in total. The van der Waals surface area contributed by atoms with Gasteiger partial charge in [0.25, 0.3) is 0 Å². The summed E-state index contributed by atoms with van der Waals surface area (Å²) in [7, 11) is 0. The van der Waals surface area contributed by atoms with Crippen LogP contribution in [-0.2, 0) is 9.53 Å². The molecule has 0 aromatic heterocycles. The predicted octanol–water partition coefficient (Wildman–Crippen LogP) is 3.64. The maximum Gasteiger partial charge on any atom is 0.323 e. The minimum absolute atomic E-state index is 0.0537. The Morgan fingerprint density at radius 2 is 2.04 bits per heavy atom. The Balaban J connectivity index is 2.09. The smallest absolute Gasteiger partial charge is 0.323 e. The molecule has 2 rings (SSSR count). The van der Waals surface area contributed by atoms with Gasteiger partial charge < -0.3 is 15.2 Å². The molecule has 0 bridgehead atoms. The van der Waals surface area contributed by atoms with Crippen LogP contribution in [0, 0.1) is 17.7 Å². The van der Waals surface area contributed by atoms with Crippen LogP contribution in [-0.4, -0.2) is 35.4 Å². The molecule has 0 saturated heterocycles. The van der Waals surface area contributed by atoms with E-state index in [9.17, 15) is 14.3 Å². The zero-order valence-corrected chi connectivity index (χ0v) is 16.5. The van der Waals surface area contributed by atoms with E-state index in [1.54, 1.807) is 12.1 Å². The van der Waals surface area contributed by atoms with E-state index in [0.717, 1.165) is 18.4 Å². The highest BCUT2D eigenvalue weighted by atomic mass is 19.1. The molecule has 1 saturated carbocycles. The minimum Gasteiger partial charge on any atom is -0.459 e. The molecule has 1 aromatic carbocycles. The van der Waals surface area contributed by atoms with Crippen molar-refractivity contribution in [2.75, 3.05) is 6.61 Å². The average Bonchev–Trinajstić information content (AvgIpc) is 2.93. The molecule has 0 radical (unpaired) electrons. The Morgan fingerprint density at radius 1 is 1.35 bits per heavy atom. The second-order valence-corrected chi connectivity index (χ2v) is 8.69. The first-order valence-electron chi connectivity index (χ1n) is 9.46. The van der Waals surface area contributed by atoms with Crippen LogP contribution in [0.25, 0.3) is 0 Å². The van der Waals surface area contributed by atoms with Crippen molar-refractivity contribution in [3.05, 3.63) is 35.6 Å². The van der Waals surface area contributed by atoms with Gasteiger partial charge in [0.1, 0.15) is 17.5 Å². The Bertz CT molecular complexity index is 612. The summed E-state index contributed by atoms with van der Waals surface area (Å²) < 4.78 is 19.1. The van der Waals surface area contributed by atoms with Crippen molar-refractivity contribution < 1.29 is 19.0 Å². The van der Waals surface area contributed by atoms with Crippen molar-refractivity contribution in [3.8, 4) is 0 Å². The Morgan fingerprint density at radius 3 is 2.58 bits per heavy atom. The van der Waals surface area contributed by atoms with E-state index in [-0.39, 0.29) is 42.2 Å². The molecule has 0 aliphatic heterocycles. The number of rotatable bonds is 6. The van der Waals surface area contributed by atoms with Crippen LogP contribution in [0.5, 0.6) is 0 Å². The molecule has 1 fully saturated rings. The molecule has 1 aliphatic carbocycles. The zero-order chi connectivity index (χ0) is 19.5. The fraction of sp³-hybridized carbons (Fsp3) is 0.667. The third kappa shape index (κ3) is 5.52. The maximum absolute atomic E-state index is 13.6. The second-order valence-electron chi connectivity index (χ2n) is 8.69. The molecule has 2 N–H and O–H groups in total. The van der Waals surface area contributed by atoms with Crippen molar-refractivity contribution in [3.63, 3.8) is 0 Å². The Labute approximate surface area is 156 Å². The van der Waals surface area contributed by atoms with E-state index in [1.165, 1.54) is 6.07 Å². The first kappa shape index (κ1) is 20.8. The van der Waals surface area contributed by atoms with Gasteiger partial charge in [-0.25, -0.2) is 4.39 Å². The van der Waals surface area contributed by atoms with Crippen LogP contribution in [0.2, 0.25) is 0 Å². The number of carbonyl (C=O) groups is 1. The molecular weight excluding hydrogens is 333 g/mol. The topological polar surface area (TPSA) is 58.6 Å². The zero-order valence-electron chi connectivity index (χ0n) is 16.5. The van der Waals surface area contributed by atoms with Crippen molar-refractivity contribution in [2.24, 2.45) is 11.8 Å². The van der Waals surface area contributed by atoms with E-state index < -0.39 is 11.6 Å². The standard InChI is InChI=1S/C21H32FNO3/c1-13(2)19(20(25)26-21(3,4)5)23-17-10-15(12-24)18(11-17)14-7-6-8-16(22)9-14/h6-9,13,15,17-19,23-24H,10-12H2,1-5H3/t15?,17?,18?,19-/m1/s1. The number of hydrogen-bond donors (Lipinski definition) is 2. The number of hydrogen-bond acceptors (Lipinski definition) is 4. The van der Waals surface area contributed by atoms with E-state index in [4.69, 9.17) is 4.74 Å². The number of benzene rings is 1. The fourth-order valence-corrected chi connectivity index (χ4v) is 3.76. The molecule has 0 heterocycles. The quantitative estimate of drug-likeness (QED) is 0.756. The highest BCUT2D eigenvalue weighted by molar-refractivity contribution is 5.76. The van der Waals surface area contributed by atoms with Gasteiger partial charge in [-0.15, -0.1) is 0 Å².